The molecule has 1 aliphatic heterocycles. The third kappa shape index (κ3) is 3.94. The van der Waals surface area contributed by atoms with Crippen LogP contribution in [-0.2, 0) is 0 Å². The lowest BCUT2D eigenvalue weighted by Gasteiger charge is -2.38. The highest BCUT2D eigenvalue weighted by Crippen LogP contribution is 2.47. The van der Waals surface area contributed by atoms with E-state index in [0.717, 1.165) is 37.1 Å². The predicted octanol–water partition coefficient (Wildman–Crippen LogP) is 2.92. The van der Waals surface area contributed by atoms with Crippen LogP contribution in [0.1, 0.15) is 32.6 Å². The van der Waals surface area contributed by atoms with Crippen molar-refractivity contribution >= 4 is 5.96 Å². The van der Waals surface area contributed by atoms with E-state index in [0.29, 0.717) is 18.6 Å². The number of aliphatic imine (C=N–C) groups is 1. The highest BCUT2D eigenvalue weighted by molar-refractivity contribution is 5.80. The van der Waals surface area contributed by atoms with Gasteiger partial charge in [0.15, 0.2) is 5.96 Å². The monoisotopic (exact) mass is 331 g/mol. The summed E-state index contributed by atoms with van der Waals surface area (Å²) >= 11 is 0. The van der Waals surface area contributed by atoms with Gasteiger partial charge in [0.25, 0.3) is 0 Å². The van der Waals surface area contributed by atoms with E-state index in [1.807, 2.05) is 24.3 Å². The van der Waals surface area contributed by atoms with Crippen LogP contribution >= 0.6 is 0 Å². The van der Waals surface area contributed by atoms with Crippen molar-refractivity contribution in [3.05, 3.63) is 24.3 Å². The fourth-order valence-electron chi connectivity index (χ4n) is 3.63. The summed E-state index contributed by atoms with van der Waals surface area (Å²) in [5, 5.41) is 3.43. The average molecular weight is 331 g/mol. The fourth-order valence-corrected chi connectivity index (χ4v) is 3.63. The maximum absolute atomic E-state index is 5.78. The molecule has 0 unspecified atom stereocenters. The predicted molar refractivity (Wildman–Crippen MR) is 96.9 cm³/mol. The first-order valence-electron chi connectivity index (χ1n) is 9.05. The van der Waals surface area contributed by atoms with Crippen LogP contribution in [-0.4, -0.2) is 50.8 Å². The van der Waals surface area contributed by atoms with Crippen LogP contribution in [0.5, 0.6) is 11.5 Å². The molecule has 132 valence electrons. The molecule has 1 aromatic rings. The van der Waals surface area contributed by atoms with Gasteiger partial charge < -0.3 is 19.7 Å². The Morgan fingerprint density at radius 3 is 2.79 bits per heavy atom. The van der Waals surface area contributed by atoms with Crippen LogP contribution in [0.4, 0.5) is 0 Å². The molecular weight excluding hydrogens is 302 g/mol. The summed E-state index contributed by atoms with van der Waals surface area (Å²) < 4.78 is 11.0. The lowest BCUT2D eigenvalue weighted by atomic mass is 9.68. The summed E-state index contributed by atoms with van der Waals surface area (Å²) in [5.74, 6) is 2.67. The van der Waals surface area contributed by atoms with Gasteiger partial charge in [0.2, 0.25) is 0 Å². The number of nitrogens with zero attached hydrogens (tertiary/aromatic N) is 2. The van der Waals surface area contributed by atoms with Crippen molar-refractivity contribution in [2.24, 2.45) is 10.4 Å². The minimum absolute atomic E-state index is 0.570. The molecule has 5 nitrogen and oxygen atoms in total. The number of nitrogens with one attached hydrogen (secondary N) is 1. The van der Waals surface area contributed by atoms with Crippen LogP contribution in [0.3, 0.4) is 0 Å². The van der Waals surface area contributed by atoms with Gasteiger partial charge in [-0.05, 0) is 43.7 Å². The Kier molecular flexibility index (Phi) is 5.48. The Hall–Kier alpha value is -1.91. The van der Waals surface area contributed by atoms with Gasteiger partial charge in [0, 0.05) is 25.7 Å². The van der Waals surface area contributed by atoms with Crippen molar-refractivity contribution in [2.75, 3.05) is 39.9 Å². The normalized spacial score (nSPS) is 19.2. The summed E-state index contributed by atoms with van der Waals surface area (Å²) in [4.78, 5) is 7.18. The molecule has 0 aromatic heterocycles. The van der Waals surface area contributed by atoms with Crippen LogP contribution in [0, 0.1) is 5.41 Å². The molecule has 0 amide bonds. The van der Waals surface area contributed by atoms with E-state index in [9.17, 15) is 0 Å². The summed E-state index contributed by atoms with van der Waals surface area (Å²) in [6, 6.07) is 7.69. The van der Waals surface area contributed by atoms with E-state index in [1.165, 1.54) is 25.7 Å². The Balaban J connectivity index is 1.50. The van der Waals surface area contributed by atoms with Crippen LogP contribution in [0.25, 0.3) is 0 Å². The number of benzene rings is 1. The topological polar surface area (TPSA) is 46.1 Å². The molecule has 1 saturated heterocycles. The van der Waals surface area contributed by atoms with Crippen molar-refractivity contribution in [1.82, 2.24) is 10.2 Å². The number of guanidine groups is 1. The quantitative estimate of drug-likeness (QED) is 0.495. The largest absolute Gasteiger partial charge is 0.497 e. The van der Waals surface area contributed by atoms with Gasteiger partial charge in [0.1, 0.15) is 18.1 Å². The number of ether oxygens (including phenoxy) is 2. The van der Waals surface area contributed by atoms with Crippen molar-refractivity contribution in [3.8, 4) is 11.5 Å². The molecular formula is C19H29N3O2. The number of hydrogen-bond acceptors (Lipinski definition) is 3. The maximum Gasteiger partial charge on any atom is 0.194 e. The lowest BCUT2D eigenvalue weighted by Crippen LogP contribution is -2.42. The second-order valence-electron chi connectivity index (χ2n) is 6.79. The second-order valence-corrected chi connectivity index (χ2v) is 6.79. The number of hydrogen-bond donors (Lipinski definition) is 1. The lowest BCUT2D eigenvalue weighted by molar-refractivity contribution is 0.151. The van der Waals surface area contributed by atoms with E-state index in [4.69, 9.17) is 14.5 Å². The first-order valence-corrected chi connectivity index (χ1v) is 9.05. The molecule has 0 radical (unpaired) electrons. The minimum Gasteiger partial charge on any atom is -0.497 e. The summed E-state index contributed by atoms with van der Waals surface area (Å²) in [7, 11) is 1.66. The zero-order chi connectivity index (χ0) is 16.8. The maximum atomic E-state index is 5.78. The molecule has 0 bridgehead atoms. The van der Waals surface area contributed by atoms with Gasteiger partial charge in [-0.2, -0.15) is 0 Å². The second kappa shape index (κ2) is 7.77. The standard InChI is InChI=1S/C19H29N3O2/c1-3-20-18(22-12-10-19(15-22)8-5-9-19)21-11-13-24-17-7-4-6-16(14-17)23-2/h4,6-7,14H,3,5,8-13,15H2,1-2H3,(H,20,21). The van der Waals surface area contributed by atoms with Crippen molar-refractivity contribution in [2.45, 2.75) is 32.6 Å². The van der Waals surface area contributed by atoms with Gasteiger partial charge in [-0.25, -0.2) is 4.99 Å². The van der Waals surface area contributed by atoms with Crippen molar-refractivity contribution in [1.29, 1.82) is 0 Å². The Labute approximate surface area is 145 Å². The SMILES string of the molecule is CCNC(=NCCOc1cccc(OC)c1)N1CCC2(CCC2)C1. The molecule has 0 atom stereocenters. The average Bonchev–Trinajstić information content (AvgIpc) is 3.04. The van der Waals surface area contributed by atoms with E-state index in [1.54, 1.807) is 7.11 Å². The third-order valence-electron chi connectivity index (χ3n) is 5.15. The molecule has 1 saturated carbocycles. The Morgan fingerprint density at radius 1 is 1.29 bits per heavy atom. The molecule has 1 aromatic carbocycles. The minimum atomic E-state index is 0.570. The zero-order valence-corrected chi connectivity index (χ0v) is 14.9. The smallest absolute Gasteiger partial charge is 0.194 e. The molecule has 1 spiro atoms. The Morgan fingerprint density at radius 2 is 2.12 bits per heavy atom. The highest BCUT2D eigenvalue weighted by atomic mass is 16.5. The van der Waals surface area contributed by atoms with Gasteiger partial charge >= 0.3 is 0 Å². The van der Waals surface area contributed by atoms with Crippen molar-refractivity contribution in [3.63, 3.8) is 0 Å². The number of rotatable bonds is 6. The number of likely N-dealkylation sites (tertiary alicyclic amines) is 1. The first-order chi connectivity index (χ1) is 11.7. The van der Waals surface area contributed by atoms with E-state index < -0.39 is 0 Å². The molecule has 24 heavy (non-hydrogen) atoms. The molecule has 2 fully saturated rings. The van der Waals surface area contributed by atoms with Crippen molar-refractivity contribution < 1.29 is 9.47 Å². The van der Waals surface area contributed by atoms with Gasteiger partial charge in [-0.15, -0.1) is 0 Å². The van der Waals surface area contributed by atoms with E-state index >= 15 is 0 Å². The van der Waals surface area contributed by atoms with Gasteiger partial charge in [-0.3, -0.25) is 0 Å². The summed E-state index contributed by atoms with van der Waals surface area (Å²) in [5.41, 5.74) is 0.591. The highest BCUT2D eigenvalue weighted by Gasteiger charge is 2.43. The van der Waals surface area contributed by atoms with Crippen LogP contribution < -0.4 is 14.8 Å². The summed E-state index contributed by atoms with van der Waals surface area (Å²) in [6.07, 6.45) is 5.50. The van der Waals surface area contributed by atoms with E-state index in [2.05, 4.69) is 17.1 Å². The number of methoxy groups -OCH3 is 1. The van der Waals surface area contributed by atoms with Gasteiger partial charge in [-0.1, -0.05) is 12.5 Å². The molecule has 2 aliphatic rings. The molecule has 1 heterocycles. The van der Waals surface area contributed by atoms with Crippen LogP contribution in [0.2, 0.25) is 0 Å². The molecule has 5 heteroatoms. The molecule has 3 rings (SSSR count). The third-order valence-corrected chi connectivity index (χ3v) is 5.15. The zero-order valence-electron chi connectivity index (χ0n) is 14.9. The van der Waals surface area contributed by atoms with E-state index in [-0.39, 0.29) is 0 Å². The molecule has 1 aliphatic carbocycles. The summed E-state index contributed by atoms with van der Waals surface area (Å²) in [6.45, 7) is 6.54. The molecule has 1 N–H and O–H groups in total. The Bertz CT molecular complexity index is 569. The first kappa shape index (κ1) is 16.9. The van der Waals surface area contributed by atoms with Crippen LogP contribution in [0.15, 0.2) is 29.3 Å². The van der Waals surface area contributed by atoms with Gasteiger partial charge in [0.05, 0.1) is 13.7 Å². The fraction of sp³-hybridized carbons (Fsp3) is 0.632.